The van der Waals surface area contributed by atoms with Crippen molar-refractivity contribution in [1.82, 2.24) is 25.4 Å². The van der Waals surface area contributed by atoms with Gasteiger partial charge in [-0.1, -0.05) is 23.7 Å². The van der Waals surface area contributed by atoms with Crippen LogP contribution in [0.25, 0.3) is 5.69 Å². The fourth-order valence-corrected chi connectivity index (χ4v) is 3.93. The van der Waals surface area contributed by atoms with Crippen LogP contribution in [0.2, 0.25) is 5.02 Å². The fourth-order valence-electron chi connectivity index (χ4n) is 3.81. The van der Waals surface area contributed by atoms with Crippen molar-refractivity contribution in [3.63, 3.8) is 0 Å². The number of hydrogen-bond acceptors (Lipinski definition) is 6. The molecule has 0 saturated carbocycles. The van der Waals surface area contributed by atoms with Crippen LogP contribution in [0.4, 0.5) is 0 Å². The molecule has 0 saturated heterocycles. The number of nitrogens with zero attached hydrogens (tertiary/aromatic N) is 4. The molecule has 2 N–H and O–H groups in total. The quantitative estimate of drug-likeness (QED) is 0.540. The first kappa shape index (κ1) is 23.4. The molecular formula is C24H25ClN6O3. The van der Waals surface area contributed by atoms with Crippen LogP contribution in [0.15, 0.2) is 47.5 Å². The van der Waals surface area contributed by atoms with Gasteiger partial charge in [0.05, 0.1) is 17.8 Å². The van der Waals surface area contributed by atoms with Crippen molar-refractivity contribution in [3.05, 3.63) is 70.3 Å². The molecule has 10 heteroatoms. The highest BCUT2D eigenvalue weighted by atomic mass is 35.5. The number of hydrogen-bond donors (Lipinski definition) is 2. The highest BCUT2D eigenvalue weighted by molar-refractivity contribution is 6.30. The maximum atomic E-state index is 12.5. The fraction of sp³-hybridized carbons (Fsp3) is 0.292. The van der Waals surface area contributed by atoms with E-state index >= 15 is 0 Å². The number of aliphatic imine (C=N–C) groups is 1. The Morgan fingerprint density at radius 3 is 2.59 bits per heavy atom. The van der Waals surface area contributed by atoms with E-state index in [0.29, 0.717) is 34.7 Å². The highest BCUT2D eigenvalue weighted by Crippen LogP contribution is 2.34. The van der Waals surface area contributed by atoms with Crippen LogP contribution in [0.1, 0.15) is 42.2 Å². The number of ether oxygens (including phenoxy) is 1. The van der Waals surface area contributed by atoms with E-state index in [-0.39, 0.29) is 24.8 Å². The number of carbonyl (C=O) groups excluding carboxylic acids is 2. The minimum Gasteiger partial charge on any atom is -0.484 e. The number of aromatic nitrogens is 3. The van der Waals surface area contributed by atoms with Gasteiger partial charge >= 0.3 is 0 Å². The predicted octanol–water partition coefficient (Wildman–Crippen LogP) is 2.77. The summed E-state index contributed by atoms with van der Waals surface area (Å²) in [5, 5.41) is 14.6. The minimum atomic E-state index is -0.555. The molecule has 4 rings (SSSR count). The third kappa shape index (κ3) is 4.79. The number of likely N-dealkylation sites (N-methyl/N-ethyl adjacent to an activating group) is 1. The van der Waals surface area contributed by atoms with E-state index in [0.717, 1.165) is 16.8 Å². The van der Waals surface area contributed by atoms with Crippen molar-refractivity contribution in [1.29, 1.82) is 0 Å². The topological polar surface area (TPSA) is 110 Å². The Kier molecular flexibility index (Phi) is 6.93. The molecule has 0 radical (unpaired) electrons. The molecule has 0 unspecified atom stereocenters. The van der Waals surface area contributed by atoms with E-state index in [9.17, 15) is 9.59 Å². The first-order valence-electron chi connectivity index (χ1n) is 10.9. The Hall–Kier alpha value is -3.72. The highest BCUT2D eigenvalue weighted by Gasteiger charge is 2.30. The molecule has 34 heavy (non-hydrogen) atoms. The molecule has 1 aliphatic rings. The number of aryl methyl sites for hydroxylation is 1. The van der Waals surface area contributed by atoms with Crippen LogP contribution in [0, 0.1) is 6.92 Å². The number of benzene rings is 2. The van der Waals surface area contributed by atoms with E-state index in [2.05, 4.69) is 20.8 Å². The van der Waals surface area contributed by atoms with E-state index in [4.69, 9.17) is 21.3 Å². The zero-order valence-electron chi connectivity index (χ0n) is 19.1. The van der Waals surface area contributed by atoms with Gasteiger partial charge in [0.15, 0.2) is 12.4 Å². The van der Waals surface area contributed by atoms with Crippen molar-refractivity contribution in [2.24, 2.45) is 4.99 Å². The van der Waals surface area contributed by atoms with Crippen LogP contribution in [0.5, 0.6) is 5.75 Å². The lowest BCUT2D eigenvalue weighted by Gasteiger charge is -2.15. The lowest BCUT2D eigenvalue weighted by atomic mass is 10.00. The summed E-state index contributed by atoms with van der Waals surface area (Å²) in [6, 6.07) is 12.3. The summed E-state index contributed by atoms with van der Waals surface area (Å²) in [5.74, 6) is 1.40. The Balaban J connectivity index is 1.88. The summed E-state index contributed by atoms with van der Waals surface area (Å²) >= 11 is 6.13. The molecule has 9 nitrogen and oxygen atoms in total. The predicted molar refractivity (Wildman–Crippen MR) is 129 cm³/mol. The van der Waals surface area contributed by atoms with Crippen LogP contribution >= 0.6 is 11.6 Å². The van der Waals surface area contributed by atoms with Gasteiger partial charge in [-0.3, -0.25) is 19.1 Å². The SMILES string of the molecule is CCNC(=O)C[C@@H]1N=C(c2ccc(Cl)cc2)c2cc(OCC(=O)NC)ccc2-n2c(C)nnc21. The first-order valence-corrected chi connectivity index (χ1v) is 11.3. The van der Waals surface area contributed by atoms with Crippen molar-refractivity contribution in [3.8, 4) is 11.4 Å². The summed E-state index contributed by atoms with van der Waals surface area (Å²) in [6.45, 7) is 4.14. The van der Waals surface area contributed by atoms with Gasteiger partial charge in [-0.2, -0.15) is 0 Å². The molecule has 0 bridgehead atoms. The summed E-state index contributed by atoms with van der Waals surface area (Å²) in [4.78, 5) is 29.2. The summed E-state index contributed by atoms with van der Waals surface area (Å²) in [5.41, 5.74) is 3.05. The molecule has 3 aromatic rings. The van der Waals surface area contributed by atoms with Crippen LogP contribution < -0.4 is 15.4 Å². The van der Waals surface area contributed by atoms with Gasteiger partial charge in [0.1, 0.15) is 17.6 Å². The maximum Gasteiger partial charge on any atom is 0.257 e. The third-order valence-corrected chi connectivity index (χ3v) is 5.67. The largest absolute Gasteiger partial charge is 0.484 e. The van der Waals surface area contributed by atoms with Gasteiger partial charge < -0.3 is 15.4 Å². The van der Waals surface area contributed by atoms with Gasteiger partial charge in [0.2, 0.25) is 5.91 Å². The zero-order chi connectivity index (χ0) is 24.2. The van der Waals surface area contributed by atoms with Crippen LogP contribution in [0.3, 0.4) is 0 Å². The molecule has 0 aliphatic carbocycles. The molecule has 1 atom stereocenters. The molecular weight excluding hydrogens is 456 g/mol. The van der Waals surface area contributed by atoms with E-state index in [1.165, 1.54) is 0 Å². The molecule has 2 heterocycles. The molecule has 176 valence electrons. The third-order valence-electron chi connectivity index (χ3n) is 5.42. The van der Waals surface area contributed by atoms with Crippen molar-refractivity contribution in [2.45, 2.75) is 26.3 Å². The normalized spacial score (nSPS) is 14.4. The van der Waals surface area contributed by atoms with Crippen LogP contribution in [-0.4, -0.2) is 52.5 Å². The number of fused-ring (bicyclic) bond motifs is 3. The van der Waals surface area contributed by atoms with Gasteiger partial charge in [0, 0.05) is 29.7 Å². The number of amides is 2. The Labute approximate surface area is 202 Å². The van der Waals surface area contributed by atoms with Crippen molar-refractivity contribution >= 4 is 29.1 Å². The summed E-state index contributed by atoms with van der Waals surface area (Å²) in [6.07, 6.45) is 0.122. The number of rotatable bonds is 7. The van der Waals surface area contributed by atoms with Gasteiger partial charge in [-0.25, -0.2) is 0 Å². The second-order valence-electron chi connectivity index (χ2n) is 7.74. The second kappa shape index (κ2) is 10.0. The lowest BCUT2D eigenvalue weighted by Crippen LogP contribution is -2.25. The number of carbonyl (C=O) groups is 2. The molecule has 0 spiro atoms. The molecule has 2 aromatic carbocycles. The number of nitrogens with one attached hydrogen (secondary N) is 2. The Bertz CT molecular complexity index is 1250. The van der Waals surface area contributed by atoms with Gasteiger partial charge in [-0.05, 0) is 44.2 Å². The molecule has 1 aromatic heterocycles. The van der Waals surface area contributed by atoms with E-state index in [1.807, 2.05) is 42.7 Å². The van der Waals surface area contributed by atoms with E-state index in [1.54, 1.807) is 25.2 Å². The molecule has 1 aliphatic heterocycles. The zero-order valence-corrected chi connectivity index (χ0v) is 19.9. The Morgan fingerprint density at radius 2 is 1.88 bits per heavy atom. The molecule has 2 amide bonds. The Morgan fingerprint density at radius 1 is 1.12 bits per heavy atom. The first-order chi connectivity index (χ1) is 16.4. The number of halogens is 1. The molecule has 0 fully saturated rings. The van der Waals surface area contributed by atoms with Gasteiger partial charge in [-0.15, -0.1) is 10.2 Å². The summed E-state index contributed by atoms with van der Waals surface area (Å²) < 4.78 is 7.61. The average Bonchev–Trinajstić information content (AvgIpc) is 3.15. The standard InChI is InChI=1S/C24H25ClN6O3/c1-4-27-21(32)12-19-24-30-29-14(2)31(24)20-10-9-17(34-13-22(33)26-3)11-18(20)23(28-19)15-5-7-16(25)8-6-15/h5-11,19H,4,12-13H2,1-3H3,(H,26,33)(H,27,32)/t19-/m0/s1. The summed E-state index contributed by atoms with van der Waals surface area (Å²) in [7, 11) is 1.55. The van der Waals surface area contributed by atoms with Crippen molar-refractivity contribution < 1.29 is 14.3 Å². The maximum absolute atomic E-state index is 12.5. The monoisotopic (exact) mass is 480 g/mol. The van der Waals surface area contributed by atoms with Crippen molar-refractivity contribution in [2.75, 3.05) is 20.2 Å². The average molecular weight is 481 g/mol. The second-order valence-corrected chi connectivity index (χ2v) is 8.18. The minimum absolute atomic E-state index is 0.112. The van der Waals surface area contributed by atoms with Gasteiger partial charge in [0.25, 0.3) is 5.91 Å². The smallest absolute Gasteiger partial charge is 0.257 e. The van der Waals surface area contributed by atoms with E-state index < -0.39 is 6.04 Å². The van der Waals surface area contributed by atoms with Crippen LogP contribution in [-0.2, 0) is 9.59 Å². The lowest BCUT2D eigenvalue weighted by molar-refractivity contribution is -0.123.